The molecule has 1 atom stereocenters. The Hall–Kier alpha value is -2.70. The lowest BCUT2D eigenvalue weighted by Crippen LogP contribution is -2.38. The highest BCUT2D eigenvalue weighted by Crippen LogP contribution is 2.23. The molecule has 2 aromatic carbocycles. The predicted octanol–water partition coefficient (Wildman–Crippen LogP) is 3.85. The second-order valence-corrected chi connectivity index (χ2v) is 5.30. The summed E-state index contributed by atoms with van der Waals surface area (Å²) in [6.07, 6.45) is 0. The van der Waals surface area contributed by atoms with Crippen LogP contribution in [0.2, 0.25) is 0 Å². The Labute approximate surface area is 144 Å². The zero-order valence-corrected chi connectivity index (χ0v) is 14.0. The van der Waals surface area contributed by atoms with E-state index in [1.807, 2.05) is 37.3 Å². The van der Waals surface area contributed by atoms with E-state index >= 15 is 0 Å². The van der Waals surface area contributed by atoms with E-state index in [9.17, 15) is 13.2 Å². The van der Waals surface area contributed by atoms with Crippen LogP contribution in [0.5, 0.6) is 5.75 Å². The zero-order chi connectivity index (χ0) is 18.2. The Bertz CT molecular complexity index is 708. The van der Waals surface area contributed by atoms with Crippen LogP contribution >= 0.6 is 0 Å². The first-order valence-electron chi connectivity index (χ1n) is 7.75. The molecular formula is C18H20F3N3O. The Morgan fingerprint density at radius 2 is 1.84 bits per heavy atom. The minimum absolute atomic E-state index is 0.0121. The van der Waals surface area contributed by atoms with E-state index in [-0.39, 0.29) is 23.9 Å². The number of nitrogens with zero attached hydrogens (tertiary/aromatic N) is 1. The molecule has 2 rings (SSSR count). The first-order valence-corrected chi connectivity index (χ1v) is 7.75. The third kappa shape index (κ3) is 5.41. The van der Waals surface area contributed by atoms with Crippen molar-refractivity contribution in [3.8, 4) is 5.75 Å². The fourth-order valence-electron chi connectivity index (χ4n) is 2.31. The van der Waals surface area contributed by atoms with Crippen LogP contribution in [0.4, 0.5) is 13.2 Å². The van der Waals surface area contributed by atoms with Gasteiger partial charge in [-0.2, -0.15) is 8.78 Å². The van der Waals surface area contributed by atoms with E-state index in [2.05, 4.69) is 20.4 Å². The zero-order valence-electron chi connectivity index (χ0n) is 14.0. The smallest absolute Gasteiger partial charge is 0.387 e. The lowest BCUT2D eigenvalue weighted by atomic mass is 10.1. The topological polar surface area (TPSA) is 45.7 Å². The molecule has 0 heterocycles. The van der Waals surface area contributed by atoms with E-state index in [1.54, 1.807) is 7.05 Å². The molecule has 0 spiro atoms. The molecule has 0 fully saturated rings. The number of nitrogens with one attached hydrogen (secondary N) is 2. The minimum Gasteiger partial charge on any atom is -0.434 e. The van der Waals surface area contributed by atoms with Crippen molar-refractivity contribution in [2.45, 2.75) is 26.1 Å². The van der Waals surface area contributed by atoms with Gasteiger partial charge in [0.15, 0.2) is 5.96 Å². The summed E-state index contributed by atoms with van der Waals surface area (Å²) in [5, 5.41) is 6.08. The number of guanidine groups is 1. The number of hydrogen-bond acceptors (Lipinski definition) is 2. The summed E-state index contributed by atoms with van der Waals surface area (Å²) >= 11 is 0. The number of alkyl halides is 2. The summed E-state index contributed by atoms with van der Waals surface area (Å²) < 4.78 is 43.2. The first-order chi connectivity index (χ1) is 12.0. The Morgan fingerprint density at radius 1 is 1.12 bits per heavy atom. The lowest BCUT2D eigenvalue weighted by Gasteiger charge is -2.19. The van der Waals surface area contributed by atoms with Gasteiger partial charge in [-0.1, -0.05) is 36.4 Å². The van der Waals surface area contributed by atoms with Crippen LogP contribution in [0.15, 0.2) is 53.5 Å². The molecule has 7 heteroatoms. The number of rotatable bonds is 6. The fourth-order valence-corrected chi connectivity index (χ4v) is 2.31. The highest BCUT2D eigenvalue weighted by atomic mass is 19.3. The van der Waals surface area contributed by atoms with Crippen LogP contribution in [0.3, 0.4) is 0 Å². The molecule has 0 amide bonds. The standard InChI is InChI=1S/C18H20F3N3O/c1-12(13-7-4-3-5-8-13)24-18(22-2)23-11-14-15(19)9-6-10-16(14)25-17(20)21/h3-10,12,17H,11H2,1-2H3,(H2,22,23,24). The number of halogens is 3. The molecule has 25 heavy (non-hydrogen) atoms. The van der Waals surface area contributed by atoms with Crippen molar-refractivity contribution < 1.29 is 17.9 Å². The van der Waals surface area contributed by atoms with Crippen LogP contribution in [0.1, 0.15) is 24.1 Å². The number of aliphatic imine (C=N–C) groups is 1. The Morgan fingerprint density at radius 3 is 2.48 bits per heavy atom. The van der Waals surface area contributed by atoms with E-state index < -0.39 is 12.4 Å². The maximum Gasteiger partial charge on any atom is 0.387 e. The Kier molecular flexibility index (Phi) is 6.68. The number of ether oxygens (including phenoxy) is 1. The molecule has 0 aliphatic rings. The van der Waals surface area contributed by atoms with Crippen molar-refractivity contribution >= 4 is 5.96 Å². The Balaban J connectivity index is 2.04. The van der Waals surface area contributed by atoms with Gasteiger partial charge in [-0.25, -0.2) is 4.39 Å². The quantitative estimate of drug-likeness (QED) is 0.614. The number of benzene rings is 2. The summed E-state index contributed by atoms with van der Waals surface area (Å²) in [6, 6.07) is 13.5. The average molecular weight is 351 g/mol. The average Bonchev–Trinajstić information content (AvgIpc) is 2.60. The molecule has 0 aliphatic carbocycles. The molecule has 2 aromatic rings. The molecule has 0 saturated heterocycles. The monoisotopic (exact) mass is 351 g/mol. The van der Waals surface area contributed by atoms with Gasteiger partial charge in [-0.15, -0.1) is 0 Å². The summed E-state index contributed by atoms with van der Waals surface area (Å²) in [7, 11) is 1.57. The third-order valence-electron chi connectivity index (χ3n) is 3.60. The second-order valence-electron chi connectivity index (χ2n) is 5.30. The molecule has 0 saturated carbocycles. The van der Waals surface area contributed by atoms with Gasteiger partial charge in [0.1, 0.15) is 11.6 Å². The maximum absolute atomic E-state index is 14.0. The van der Waals surface area contributed by atoms with Gasteiger partial charge in [0.2, 0.25) is 0 Å². The third-order valence-corrected chi connectivity index (χ3v) is 3.60. The summed E-state index contributed by atoms with van der Waals surface area (Å²) in [4.78, 5) is 4.07. The van der Waals surface area contributed by atoms with Crippen LogP contribution in [0, 0.1) is 5.82 Å². The van der Waals surface area contributed by atoms with Crippen LogP contribution in [-0.4, -0.2) is 19.6 Å². The molecule has 4 nitrogen and oxygen atoms in total. The molecule has 0 radical (unpaired) electrons. The fraction of sp³-hybridized carbons (Fsp3) is 0.278. The highest BCUT2D eigenvalue weighted by molar-refractivity contribution is 5.80. The van der Waals surface area contributed by atoms with Crippen LogP contribution < -0.4 is 15.4 Å². The van der Waals surface area contributed by atoms with Gasteiger partial charge in [-0.05, 0) is 24.6 Å². The van der Waals surface area contributed by atoms with Crippen molar-refractivity contribution in [2.24, 2.45) is 4.99 Å². The summed E-state index contributed by atoms with van der Waals surface area (Å²) in [5.74, 6) is -0.408. The van der Waals surface area contributed by atoms with Crippen LogP contribution in [-0.2, 0) is 6.54 Å². The largest absolute Gasteiger partial charge is 0.434 e. The van der Waals surface area contributed by atoms with Gasteiger partial charge < -0.3 is 15.4 Å². The van der Waals surface area contributed by atoms with Gasteiger partial charge in [0.25, 0.3) is 0 Å². The minimum atomic E-state index is -3.02. The van der Waals surface area contributed by atoms with Gasteiger partial charge in [0, 0.05) is 19.2 Å². The predicted molar refractivity (Wildman–Crippen MR) is 91.2 cm³/mol. The van der Waals surface area contributed by atoms with Crippen molar-refractivity contribution in [3.05, 3.63) is 65.5 Å². The van der Waals surface area contributed by atoms with E-state index in [1.165, 1.54) is 18.2 Å². The van der Waals surface area contributed by atoms with Crippen molar-refractivity contribution in [2.75, 3.05) is 7.05 Å². The summed E-state index contributed by atoms with van der Waals surface area (Å²) in [6.45, 7) is -1.11. The second kappa shape index (κ2) is 8.96. The molecule has 2 N–H and O–H groups in total. The van der Waals surface area contributed by atoms with Gasteiger partial charge in [0.05, 0.1) is 6.04 Å². The number of hydrogen-bond donors (Lipinski definition) is 2. The normalized spacial score (nSPS) is 12.8. The van der Waals surface area contributed by atoms with E-state index in [0.29, 0.717) is 5.96 Å². The lowest BCUT2D eigenvalue weighted by molar-refractivity contribution is -0.0506. The van der Waals surface area contributed by atoms with E-state index in [4.69, 9.17) is 0 Å². The molecule has 1 unspecified atom stereocenters. The first kappa shape index (κ1) is 18.6. The summed E-state index contributed by atoms with van der Waals surface area (Å²) in [5.41, 5.74) is 1.07. The molecular weight excluding hydrogens is 331 g/mol. The van der Waals surface area contributed by atoms with Crippen molar-refractivity contribution in [1.82, 2.24) is 10.6 Å². The maximum atomic E-state index is 14.0. The SMILES string of the molecule is CN=C(NCc1c(F)cccc1OC(F)F)NC(C)c1ccccc1. The molecule has 0 aromatic heterocycles. The van der Waals surface area contributed by atoms with E-state index in [0.717, 1.165) is 5.56 Å². The highest BCUT2D eigenvalue weighted by Gasteiger charge is 2.15. The molecule has 0 bridgehead atoms. The van der Waals surface area contributed by atoms with Crippen LogP contribution in [0.25, 0.3) is 0 Å². The molecule has 134 valence electrons. The van der Waals surface area contributed by atoms with Crippen molar-refractivity contribution in [1.29, 1.82) is 0 Å². The molecule has 0 aliphatic heterocycles. The van der Waals surface area contributed by atoms with Gasteiger partial charge >= 0.3 is 6.61 Å². The van der Waals surface area contributed by atoms with Gasteiger partial charge in [-0.3, -0.25) is 4.99 Å². The van der Waals surface area contributed by atoms with Crippen molar-refractivity contribution in [3.63, 3.8) is 0 Å².